The van der Waals surface area contributed by atoms with Gasteiger partial charge in [-0.25, -0.2) is 4.79 Å². The molecule has 102 valence electrons. The summed E-state index contributed by atoms with van der Waals surface area (Å²) in [5.41, 5.74) is 7.77. The lowest BCUT2D eigenvalue weighted by molar-refractivity contribution is 0.147. The summed E-state index contributed by atoms with van der Waals surface area (Å²) in [5, 5.41) is 2.71. The first-order chi connectivity index (χ1) is 9.02. The highest BCUT2D eigenvalue weighted by atomic mass is 16.5. The van der Waals surface area contributed by atoms with Crippen LogP contribution >= 0.6 is 0 Å². The van der Waals surface area contributed by atoms with Crippen molar-refractivity contribution in [1.82, 2.24) is 0 Å². The molecule has 0 atom stereocenters. The number of amides is 1. The molecule has 0 saturated carbocycles. The quantitative estimate of drug-likeness (QED) is 0.821. The van der Waals surface area contributed by atoms with Gasteiger partial charge in [-0.3, -0.25) is 5.32 Å². The van der Waals surface area contributed by atoms with Crippen LogP contribution in [0, 0.1) is 24.7 Å². The van der Waals surface area contributed by atoms with E-state index < -0.39 is 6.09 Å². The Kier molecular flexibility index (Phi) is 5.91. The van der Waals surface area contributed by atoms with E-state index in [1.54, 1.807) is 0 Å². The molecule has 0 saturated heterocycles. The Morgan fingerprint density at radius 1 is 1.47 bits per heavy atom. The molecule has 0 aliphatic rings. The number of rotatable bonds is 3. The van der Waals surface area contributed by atoms with Crippen LogP contribution in [0.2, 0.25) is 0 Å². The third kappa shape index (κ3) is 5.45. The van der Waals surface area contributed by atoms with E-state index in [-0.39, 0.29) is 6.54 Å². The number of aryl methyl sites for hydroxylation is 1. The zero-order valence-electron chi connectivity index (χ0n) is 11.6. The van der Waals surface area contributed by atoms with Gasteiger partial charge in [0.25, 0.3) is 0 Å². The van der Waals surface area contributed by atoms with Crippen molar-refractivity contribution in [1.29, 1.82) is 0 Å². The topological polar surface area (TPSA) is 64.3 Å². The maximum Gasteiger partial charge on any atom is 0.411 e. The molecule has 1 aromatic rings. The molecule has 1 rings (SSSR count). The number of benzene rings is 1. The number of carbonyl (C=O) groups excluding carboxylic acids is 1. The second-order valence-electron chi connectivity index (χ2n) is 4.67. The summed E-state index contributed by atoms with van der Waals surface area (Å²) in [6, 6.07) is 5.65. The van der Waals surface area contributed by atoms with Gasteiger partial charge in [-0.2, -0.15) is 0 Å². The fourth-order valence-electron chi connectivity index (χ4n) is 1.41. The van der Waals surface area contributed by atoms with Crippen LogP contribution in [0.15, 0.2) is 18.2 Å². The maximum atomic E-state index is 11.6. The molecule has 0 fully saturated rings. The van der Waals surface area contributed by atoms with Gasteiger partial charge in [-0.1, -0.05) is 31.8 Å². The smallest absolute Gasteiger partial charge is 0.411 e. The second kappa shape index (κ2) is 7.45. The lowest BCUT2D eigenvalue weighted by Crippen LogP contribution is -2.17. The highest BCUT2D eigenvalue weighted by Crippen LogP contribution is 2.17. The molecule has 0 spiro atoms. The molecule has 0 unspecified atom stereocenters. The van der Waals surface area contributed by atoms with Gasteiger partial charge in [0.1, 0.15) is 0 Å². The summed E-state index contributed by atoms with van der Waals surface area (Å²) in [6.07, 6.45) is -0.463. The summed E-state index contributed by atoms with van der Waals surface area (Å²) < 4.78 is 5.08. The molecule has 0 radical (unpaired) electrons. The standard InChI is InChI=1S/C15H20N2O2/c1-11(2)10-19-15(18)17-14-9-12(3)6-7-13(14)5-4-8-16/h6-7,9,11H,8,10,16H2,1-3H3,(H,17,18). The van der Waals surface area contributed by atoms with Gasteiger partial charge in [0, 0.05) is 5.56 Å². The van der Waals surface area contributed by atoms with Crippen molar-refractivity contribution < 1.29 is 9.53 Å². The Hall–Kier alpha value is -1.99. The SMILES string of the molecule is Cc1ccc(C#CCN)c(NC(=O)OCC(C)C)c1. The first kappa shape index (κ1) is 15.1. The summed E-state index contributed by atoms with van der Waals surface area (Å²) in [5.74, 6) is 6.00. The minimum absolute atomic E-state index is 0.283. The molecular formula is C15H20N2O2. The van der Waals surface area contributed by atoms with Gasteiger partial charge >= 0.3 is 6.09 Å². The van der Waals surface area contributed by atoms with E-state index >= 15 is 0 Å². The predicted octanol–water partition coefficient (Wildman–Crippen LogP) is 2.51. The third-order valence-electron chi connectivity index (χ3n) is 2.28. The van der Waals surface area contributed by atoms with Gasteiger partial charge < -0.3 is 10.5 Å². The van der Waals surface area contributed by atoms with Crippen LogP contribution in [-0.4, -0.2) is 19.2 Å². The summed E-state index contributed by atoms with van der Waals surface area (Å²) in [4.78, 5) is 11.6. The van der Waals surface area contributed by atoms with Crippen LogP contribution in [0.4, 0.5) is 10.5 Å². The number of anilines is 1. The number of carbonyl (C=O) groups is 1. The minimum Gasteiger partial charge on any atom is -0.449 e. The molecule has 0 aromatic heterocycles. The van der Waals surface area contributed by atoms with Crippen LogP contribution in [0.1, 0.15) is 25.0 Å². The first-order valence-electron chi connectivity index (χ1n) is 6.26. The van der Waals surface area contributed by atoms with Crippen LogP contribution < -0.4 is 11.1 Å². The lowest BCUT2D eigenvalue weighted by Gasteiger charge is -2.10. The predicted molar refractivity (Wildman–Crippen MR) is 76.9 cm³/mol. The highest BCUT2D eigenvalue weighted by molar-refractivity contribution is 5.86. The summed E-state index contributed by atoms with van der Waals surface area (Å²) in [6.45, 7) is 6.59. The monoisotopic (exact) mass is 260 g/mol. The normalized spacial score (nSPS) is 9.74. The molecule has 1 amide bonds. The number of ether oxygens (including phenoxy) is 1. The Morgan fingerprint density at radius 2 is 2.21 bits per heavy atom. The Bertz CT molecular complexity index is 499. The number of hydrogen-bond acceptors (Lipinski definition) is 3. The van der Waals surface area contributed by atoms with Crippen molar-refractivity contribution in [3.63, 3.8) is 0 Å². The third-order valence-corrected chi connectivity index (χ3v) is 2.28. The van der Waals surface area contributed by atoms with Gasteiger partial charge in [0.05, 0.1) is 18.8 Å². The largest absolute Gasteiger partial charge is 0.449 e. The molecule has 1 aromatic carbocycles. The number of nitrogens with one attached hydrogen (secondary N) is 1. The molecule has 4 nitrogen and oxygen atoms in total. The Balaban J connectivity index is 2.80. The van der Waals surface area contributed by atoms with Gasteiger partial charge in [-0.05, 0) is 30.5 Å². The molecule has 4 heteroatoms. The average Bonchev–Trinajstić information content (AvgIpc) is 2.35. The zero-order valence-corrected chi connectivity index (χ0v) is 11.6. The molecule has 0 aliphatic heterocycles. The van der Waals surface area contributed by atoms with Crippen molar-refractivity contribution in [2.24, 2.45) is 11.7 Å². The minimum atomic E-state index is -0.463. The van der Waals surface area contributed by atoms with Crippen LogP contribution in [0.3, 0.4) is 0 Å². The van der Waals surface area contributed by atoms with Gasteiger partial charge in [0.2, 0.25) is 0 Å². The fourth-order valence-corrected chi connectivity index (χ4v) is 1.41. The molecule has 0 bridgehead atoms. The molecule has 0 heterocycles. The second-order valence-corrected chi connectivity index (χ2v) is 4.67. The van der Waals surface area contributed by atoms with Crippen molar-refractivity contribution in [3.8, 4) is 11.8 Å². The summed E-state index contributed by atoms with van der Waals surface area (Å²) in [7, 11) is 0. The van der Waals surface area contributed by atoms with E-state index in [9.17, 15) is 4.79 Å². The highest BCUT2D eigenvalue weighted by Gasteiger charge is 2.07. The van der Waals surface area contributed by atoms with E-state index in [1.165, 1.54) is 0 Å². The van der Waals surface area contributed by atoms with E-state index in [0.29, 0.717) is 18.2 Å². The van der Waals surface area contributed by atoms with E-state index in [0.717, 1.165) is 11.1 Å². The van der Waals surface area contributed by atoms with Crippen LogP contribution in [-0.2, 0) is 4.74 Å². The van der Waals surface area contributed by atoms with Crippen molar-refractivity contribution in [3.05, 3.63) is 29.3 Å². The molecule has 19 heavy (non-hydrogen) atoms. The molecule has 3 N–H and O–H groups in total. The van der Waals surface area contributed by atoms with E-state index in [4.69, 9.17) is 10.5 Å². The van der Waals surface area contributed by atoms with Crippen molar-refractivity contribution >= 4 is 11.8 Å². The fraction of sp³-hybridized carbons (Fsp3) is 0.400. The van der Waals surface area contributed by atoms with Crippen molar-refractivity contribution in [2.75, 3.05) is 18.5 Å². The first-order valence-corrected chi connectivity index (χ1v) is 6.26. The molecular weight excluding hydrogens is 240 g/mol. The van der Waals surface area contributed by atoms with Gasteiger partial charge in [-0.15, -0.1) is 0 Å². The van der Waals surface area contributed by atoms with Crippen LogP contribution in [0.25, 0.3) is 0 Å². The van der Waals surface area contributed by atoms with Gasteiger partial charge in [0.15, 0.2) is 0 Å². The number of hydrogen-bond donors (Lipinski definition) is 2. The Labute approximate surface area is 114 Å². The van der Waals surface area contributed by atoms with Crippen LogP contribution in [0.5, 0.6) is 0 Å². The molecule has 0 aliphatic carbocycles. The lowest BCUT2D eigenvalue weighted by atomic mass is 10.1. The van der Waals surface area contributed by atoms with Crippen molar-refractivity contribution in [2.45, 2.75) is 20.8 Å². The summed E-state index contributed by atoms with van der Waals surface area (Å²) >= 11 is 0. The zero-order chi connectivity index (χ0) is 14.3. The number of nitrogens with two attached hydrogens (primary N) is 1. The van der Waals surface area contributed by atoms with E-state index in [2.05, 4.69) is 17.2 Å². The van der Waals surface area contributed by atoms with E-state index in [1.807, 2.05) is 39.0 Å². The average molecular weight is 260 g/mol. The Morgan fingerprint density at radius 3 is 2.84 bits per heavy atom. The maximum absolute atomic E-state index is 11.6.